The molecule has 2 heterocycles. The maximum atomic E-state index is 11.9. The van der Waals surface area contributed by atoms with Crippen LogP contribution in [0.2, 0.25) is 0 Å². The molecule has 0 aliphatic carbocycles. The van der Waals surface area contributed by atoms with Crippen LogP contribution in [0.15, 0.2) is 30.5 Å². The highest BCUT2D eigenvalue weighted by molar-refractivity contribution is 7.91. The predicted octanol–water partition coefficient (Wildman–Crippen LogP) is 0.860. The molecule has 22 heavy (non-hydrogen) atoms. The van der Waals surface area contributed by atoms with Gasteiger partial charge in [0.25, 0.3) is 5.91 Å². The molecule has 1 atom stereocenters. The highest BCUT2D eigenvalue weighted by Gasteiger charge is 2.28. The third-order valence-electron chi connectivity index (χ3n) is 3.84. The largest absolute Gasteiger partial charge is 0.483 e. The van der Waals surface area contributed by atoms with Gasteiger partial charge >= 0.3 is 0 Å². The maximum Gasteiger partial charge on any atom is 0.258 e. The summed E-state index contributed by atoms with van der Waals surface area (Å²) < 4.78 is 30.3. The fourth-order valence-corrected chi connectivity index (χ4v) is 4.39. The van der Waals surface area contributed by atoms with Crippen molar-refractivity contribution in [3.05, 3.63) is 30.5 Å². The molecule has 0 bridgehead atoms. The fourth-order valence-electron chi connectivity index (χ4n) is 2.72. The second kappa shape index (κ2) is 5.64. The molecule has 1 saturated heterocycles. The minimum atomic E-state index is -2.99. The van der Waals surface area contributed by atoms with Gasteiger partial charge in [-0.2, -0.15) is 0 Å². The maximum absolute atomic E-state index is 11.9. The number of fused-ring (bicyclic) bond motifs is 1. The number of hydrogen-bond donors (Lipinski definition) is 1. The normalized spacial score (nSPS) is 20.1. The molecule has 7 heteroatoms. The van der Waals surface area contributed by atoms with Crippen LogP contribution in [-0.4, -0.2) is 43.0 Å². The number of hydrogen-bond acceptors (Lipinski definition) is 4. The van der Waals surface area contributed by atoms with Gasteiger partial charge in [0.15, 0.2) is 16.4 Å². The average molecular weight is 322 g/mol. The quantitative estimate of drug-likeness (QED) is 0.906. The molecule has 0 radical (unpaired) electrons. The SMILES string of the molecule is Cn1ccc2c(OCC(=O)N[C@@H]3CCS(=O)(=O)C3)cccc21. The number of sulfone groups is 1. The molecule has 1 aliphatic heterocycles. The number of aromatic nitrogens is 1. The van der Waals surface area contributed by atoms with Crippen LogP contribution in [0.25, 0.3) is 10.9 Å². The summed E-state index contributed by atoms with van der Waals surface area (Å²) in [4.78, 5) is 11.9. The Morgan fingerprint density at radius 3 is 2.95 bits per heavy atom. The lowest BCUT2D eigenvalue weighted by atomic mass is 10.2. The number of nitrogens with zero attached hydrogens (tertiary/aromatic N) is 1. The Hall–Kier alpha value is -2.02. The second-order valence-corrected chi connectivity index (χ2v) is 7.80. The first-order valence-corrected chi connectivity index (χ1v) is 8.93. The zero-order chi connectivity index (χ0) is 15.7. The van der Waals surface area contributed by atoms with E-state index < -0.39 is 9.84 Å². The first-order chi connectivity index (χ1) is 10.4. The van der Waals surface area contributed by atoms with E-state index in [2.05, 4.69) is 5.32 Å². The molecule has 1 amide bonds. The van der Waals surface area contributed by atoms with E-state index in [4.69, 9.17) is 4.74 Å². The van der Waals surface area contributed by atoms with E-state index >= 15 is 0 Å². The minimum Gasteiger partial charge on any atom is -0.483 e. The third-order valence-corrected chi connectivity index (χ3v) is 5.61. The molecule has 0 unspecified atom stereocenters. The standard InChI is InChI=1S/C15H18N2O4S/c1-17-7-5-12-13(17)3-2-4-14(12)21-9-15(18)16-11-6-8-22(19,20)10-11/h2-5,7,11H,6,8-10H2,1H3,(H,16,18)/t11-/m1/s1. The predicted molar refractivity (Wildman–Crippen MR) is 83.6 cm³/mol. The van der Waals surface area contributed by atoms with Crippen molar-refractivity contribution in [2.24, 2.45) is 7.05 Å². The van der Waals surface area contributed by atoms with Crippen LogP contribution in [0.5, 0.6) is 5.75 Å². The van der Waals surface area contributed by atoms with Gasteiger partial charge in [0.05, 0.1) is 17.0 Å². The molecule has 0 spiro atoms. The molecule has 2 aromatic rings. The van der Waals surface area contributed by atoms with E-state index in [9.17, 15) is 13.2 Å². The lowest BCUT2D eigenvalue weighted by Crippen LogP contribution is -2.38. The zero-order valence-corrected chi connectivity index (χ0v) is 13.1. The number of nitrogens with one attached hydrogen (secondary N) is 1. The summed E-state index contributed by atoms with van der Waals surface area (Å²) in [5.41, 5.74) is 1.03. The van der Waals surface area contributed by atoms with Gasteiger partial charge in [-0.15, -0.1) is 0 Å². The molecule has 1 fully saturated rings. The molecule has 6 nitrogen and oxygen atoms in total. The Morgan fingerprint density at radius 1 is 1.41 bits per heavy atom. The van der Waals surface area contributed by atoms with Gasteiger partial charge in [-0.1, -0.05) is 6.07 Å². The van der Waals surface area contributed by atoms with Crippen molar-refractivity contribution in [2.45, 2.75) is 12.5 Å². The van der Waals surface area contributed by atoms with Gasteiger partial charge < -0.3 is 14.6 Å². The number of aryl methyl sites for hydroxylation is 1. The minimum absolute atomic E-state index is 0.0208. The van der Waals surface area contributed by atoms with Crippen LogP contribution >= 0.6 is 0 Å². The molecule has 1 aromatic heterocycles. The van der Waals surface area contributed by atoms with Crippen LogP contribution < -0.4 is 10.1 Å². The van der Waals surface area contributed by atoms with E-state index in [-0.39, 0.29) is 30.1 Å². The Labute approximate surface area is 129 Å². The number of ether oxygens (including phenoxy) is 1. The lowest BCUT2D eigenvalue weighted by molar-refractivity contribution is -0.123. The van der Waals surface area contributed by atoms with E-state index in [0.29, 0.717) is 12.2 Å². The third kappa shape index (κ3) is 3.09. The van der Waals surface area contributed by atoms with Crippen LogP contribution in [0.3, 0.4) is 0 Å². The van der Waals surface area contributed by atoms with Crippen molar-refractivity contribution in [3.8, 4) is 5.75 Å². The summed E-state index contributed by atoms with van der Waals surface area (Å²) in [6.07, 6.45) is 2.41. The summed E-state index contributed by atoms with van der Waals surface area (Å²) in [6, 6.07) is 7.31. The van der Waals surface area contributed by atoms with Crippen molar-refractivity contribution < 1.29 is 17.9 Å². The topological polar surface area (TPSA) is 77.4 Å². The van der Waals surface area contributed by atoms with Crippen molar-refractivity contribution in [3.63, 3.8) is 0 Å². The van der Waals surface area contributed by atoms with Crippen molar-refractivity contribution in [1.82, 2.24) is 9.88 Å². The number of amides is 1. The summed E-state index contributed by atoms with van der Waals surface area (Å²) in [5, 5.41) is 3.66. The highest BCUT2D eigenvalue weighted by Crippen LogP contribution is 2.25. The van der Waals surface area contributed by atoms with Crippen LogP contribution in [0, 0.1) is 0 Å². The fraction of sp³-hybridized carbons (Fsp3) is 0.400. The summed E-state index contributed by atoms with van der Waals surface area (Å²) >= 11 is 0. The van der Waals surface area contributed by atoms with Gasteiger partial charge in [-0.05, 0) is 24.6 Å². The van der Waals surface area contributed by atoms with Crippen molar-refractivity contribution in [1.29, 1.82) is 0 Å². The number of carbonyl (C=O) groups is 1. The van der Waals surface area contributed by atoms with Gasteiger partial charge in [0.1, 0.15) is 5.75 Å². The molecule has 1 aliphatic rings. The van der Waals surface area contributed by atoms with Crippen LogP contribution in [0.1, 0.15) is 6.42 Å². The summed E-state index contributed by atoms with van der Waals surface area (Å²) in [6.45, 7) is -0.120. The average Bonchev–Trinajstić information content (AvgIpc) is 3.00. The van der Waals surface area contributed by atoms with E-state index in [1.54, 1.807) is 0 Å². The van der Waals surface area contributed by atoms with Crippen LogP contribution in [-0.2, 0) is 21.7 Å². The summed E-state index contributed by atoms with van der Waals surface area (Å²) in [5.74, 6) is 0.511. The second-order valence-electron chi connectivity index (χ2n) is 5.57. The Kier molecular flexibility index (Phi) is 3.82. The van der Waals surface area contributed by atoms with Gasteiger partial charge in [-0.25, -0.2) is 8.42 Å². The molecule has 3 rings (SSSR count). The lowest BCUT2D eigenvalue weighted by Gasteiger charge is -2.12. The number of benzene rings is 1. The zero-order valence-electron chi connectivity index (χ0n) is 12.3. The van der Waals surface area contributed by atoms with Crippen LogP contribution in [0.4, 0.5) is 0 Å². The first kappa shape index (κ1) is 14.9. The number of carbonyl (C=O) groups excluding carboxylic acids is 1. The van der Waals surface area contributed by atoms with Gasteiger partial charge in [0, 0.05) is 24.7 Å². The molecule has 118 valence electrons. The molecule has 1 aromatic carbocycles. The van der Waals surface area contributed by atoms with Gasteiger partial charge in [-0.3, -0.25) is 4.79 Å². The smallest absolute Gasteiger partial charge is 0.258 e. The number of rotatable bonds is 4. The Morgan fingerprint density at radius 2 is 2.23 bits per heavy atom. The highest BCUT2D eigenvalue weighted by atomic mass is 32.2. The molecule has 0 saturated carbocycles. The van der Waals surface area contributed by atoms with Crippen molar-refractivity contribution in [2.75, 3.05) is 18.1 Å². The van der Waals surface area contributed by atoms with E-state index in [1.165, 1.54) is 0 Å². The van der Waals surface area contributed by atoms with E-state index in [0.717, 1.165) is 10.9 Å². The first-order valence-electron chi connectivity index (χ1n) is 7.11. The van der Waals surface area contributed by atoms with Crippen molar-refractivity contribution >= 4 is 26.6 Å². The summed E-state index contributed by atoms with van der Waals surface area (Å²) in [7, 11) is -1.05. The van der Waals surface area contributed by atoms with Gasteiger partial charge in [0.2, 0.25) is 0 Å². The molecular formula is C15H18N2O4S. The molecular weight excluding hydrogens is 304 g/mol. The van der Waals surface area contributed by atoms with E-state index in [1.807, 2.05) is 42.1 Å². The Bertz CT molecular complexity index is 810. The monoisotopic (exact) mass is 322 g/mol. The Balaban J connectivity index is 1.61. The molecule has 1 N–H and O–H groups in total.